The molecule has 1 N–H and O–H groups in total. The topological polar surface area (TPSA) is 64.6 Å². The number of nitrogens with one attached hydrogen (secondary N) is 1. The molecule has 0 spiro atoms. The molecule has 0 saturated carbocycles. The van der Waals surface area contributed by atoms with Gasteiger partial charge in [0.2, 0.25) is 0 Å². The van der Waals surface area contributed by atoms with Crippen molar-refractivity contribution in [2.75, 3.05) is 19.0 Å². The highest BCUT2D eigenvalue weighted by molar-refractivity contribution is 5.98. The first-order valence-corrected chi connectivity index (χ1v) is 9.49. The number of rotatable bonds is 8. The lowest BCUT2D eigenvalue weighted by molar-refractivity contribution is -0.118. The first-order valence-electron chi connectivity index (χ1n) is 9.49. The number of Topliss-reactive ketones (excluding diaryl/α,β-unsaturated/α-hetero) is 1. The molecule has 0 aliphatic heterocycles. The van der Waals surface area contributed by atoms with Gasteiger partial charge in [0.25, 0.3) is 5.91 Å². The van der Waals surface area contributed by atoms with Crippen LogP contribution in [0.15, 0.2) is 36.4 Å². The Bertz CT molecular complexity index is 829. The van der Waals surface area contributed by atoms with Crippen LogP contribution in [0.1, 0.15) is 67.9 Å². The van der Waals surface area contributed by atoms with Gasteiger partial charge in [0.15, 0.2) is 12.4 Å². The minimum Gasteiger partial charge on any atom is -0.497 e. The molecule has 0 aliphatic carbocycles. The molecule has 0 unspecified atom stereocenters. The summed E-state index contributed by atoms with van der Waals surface area (Å²) in [7, 11) is 1.53. The van der Waals surface area contributed by atoms with E-state index in [1.54, 1.807) is 18.2 Å². The van der Waals surface area contributed by atoms with Crippen LogP contribution in [-0.4, -0.2) is 25.4 Å². The van der Waals surface area contributed by atoms with Crippen molar-refractivity contribution in [1.29, 1.82) is 0 Å². The Kier molecular flexibility index (Phi) is 7.21. The van der Waals surface area contributed by atoms with Crippen LogP contribution in [-0.2, 0) is 4.79 Å². The van der Waals surface area contributed by atoms with Gasteiger partial charge in [0, 0.05) is 5.69 Å². The summed E-state index contributed by atoms with van der Waals surface area (Å²) in [5, 5.41) is 3.01. The number of hydrogen-bond acceptors (Lipinski definition) is 4. The van der Waals surface area contributed by atoms with Crippen LogP contribution in [0.2, 0.25) is 0 Å². The fourth-order valence-corrected chi connectivity index (χ4v) is 3.05. The second-order valence-electron chi connectivity index (χ2n) is 7.38. The van der Waals surface area contributed by atoms with Crippen LogP contribution in [0.25, 0.3) is 0 Å². The molecule has 0 aliphatic rings. The van der Waals surface area contributed by atoms with E-state index in [9.17, 15) is 9.59 Å². The first-order chi connectivity index (χ1) is 13.2. The van der Waals surface area contributed by atoms with Gasteiger partial charge in [0.05, 0.1) is 12.7 Å². The highest BCUT2D eigenvalue weighted by atomic mass is 16.5. The molecule has 28 heavy (non-hydrogen) atoms. The molecular weight excluding hydrogens is 354 g/mol. The smallest absolute Gasteiger partial charge is 0.262 e. The molecule has 0 bridgehead atoms. The average molecular weight is 383 g/mol. The van der Waals surface area contributed by atoms with E-state index in [0.29, 0.717) is 17.1 Å². The number of carbonyl (C=O) groups excluding carboxylic acids is 2. The third-order valence-electron chi connectivity index (χ3n) is 4.56. The zero-order valence-electron chi connectivity index (χ0n) is 17.5. The van der Waals surface area contributed by atoms with Crippen molar-refractivity contribution in [3.05, 3.63) is 53.1 Å². The van der Waals surface area contributed by atoms with Crippen LogP contribution < -0.4 is 14.8 Å². The molecular formula is C23H29NO4. The average Bonchev–Trinajstić information content (AvgIpc) is 2.65. The summed E-state index contributed by atoms with van der Waals surface area (Å²) in [5.41, 5.74) is 3.42. The van der Waals surface area contributed by atoms with Crippen LogP contribution in [0, 0.1) is 0 Å². The molecule has 0 aromatic heterocycles. The molecule has 2 aromatic rings. The standard InChI is InChI=1S/C23H29NO4/c1-14(2)18-8-7-9-19(15(3)4)23(18)24-22(26)13-28-21-11-10-17(27-6)12-20(21)16(5)25/h7-12,14-15H,13H2,1-6H3,(H,24,26). The van der Waals surface area contributed by atoms with E-state index in [2.05, 4.69) is 33.0 Å². The van der Waals surface area contributed by atoms with Crippen LogP contribution >= 0.6 is 0 Å². The Labute approximate surface area is 167 Å². The lowest BCUT2D eigenvalue weighted by Gasteiger charge is -2.20. The van der Waals surface area contributed by atoms with E-state index in [-0.39, 0.29) is 30.1 Å². The second kappa shape index (κ2) is 9.40. The quantitative estimate of drug-likeness (QED) is 0.639. The summed E-state index contributed by atoms with van der Waals surface area (Å²) in [6.07, 6.45) is 0. The molecule has 0 radical (unpaired) electrons. The second-order valence-corrected chi connectivity index (χ2v) is 7.38. The van der Waals surface area contributed by atoms with Crippen molar-refractivity contribution < 1.29 is 19.1 Å². The number of benzene rings is 2. The van der Waals surface area contributed by atoms with E-state index < -0.39 is 0 Å². The minimum atomic E-state index is -0.264. The minimum absolute atomic E-state index is 0.151. The Balaban J connectivity index is 2.19. The van der Waals surface area contributed by atoms with Gasteiger partial charge in [-0.15, -0.1) is 0 Å². The molecule has 5 nitrogen and oxygen atoms in total. The van der Waals surface area contributed by atoms with Crippen molar-refractivity contribution in [3.63, 3.8) is 0 Å². The number of amides is 1. The predicted octanol–water partition coefficient (Wildman–Crippen LogP) is 5.16. The number of anilines is 1. The molecule has 150 valence electrons. The maximum absolute atomic E-state index is 12.6. The fourth-order valence-electron chi connectivity index (χ4n) is 3.05. The van der Waals surface area contributed by atoms with Crippen LogP contribution in [0.3, 0.4) is 0 Å². The van der Waals surface area contributed by atoms with Gasteiger partial charge < -0.3 is 14.8 Å². The number of ether oxygens (including phenoxy) is 2. The van der Waals surface area contributed by atoms with E-state index in [1.165, 1.54) is 14.0 Å². The summed E-state index contributed by atoms with van der Waals surface area (Å²) < 4.78 is 10.8. The highest BCUT2D eigenvalue weighted by Crippen LogP contribution is 2.32. The Morgan fingerprint density at radius 2 is 1.61 bits per heavy atom. The summed E-state index contributed by atoms with van der Waals surface area (Å²) in [6, 6.07) is 11.0. The van der Waals surface area contributed by atoms with Crippen molar-refractivity contribution in [1.82, 2.24) is 0 Å². The molecule has 0 atom stereocenters. The van der Waals surface area contributed by atoms with Crippen LogP contribution in [0.4, 0.5) is 5.69 Å². The zero-order valence-corrected chi connectivity index (χ0v) is 17.5. The molecule has 2 rings (SSSR count). The van der Waals surface area contributed by atoms with Gasteiger partial charge in [0.1, 0.15) is 11.5 Å². The largest absolute Gasteiger partial charge is 0.497 e. The monoisotopic (exact) mass is 383 g/mol. The molecule has 1 amide bonds. The van der Waals surface area contributed by atoms with Gasteiger partial charge >= 0.3 is 0 Å². The molecule has 0 heterocycles. The van der Waals surface area contributed by atoms with Gasteiger partial charge in [-0.3, -0.25) is 9.59 Å². The van der Waals surface area contributed by atoms with Crippen molar-refractivity contribution in [2.45, 2.75) is 46.5 Å². The summed E-state index contributed by atoms with van der Waals surface area (Å²) >= 11 is 0. The predicted molar refractivity (Wildman–Crippen MR) is 112 cm³/mol. The number of carbonyl (C=O) groups is 2. The maximum Gasteiger partial charge on any atom is 0.262 e. The van der Waals surface area contributed by atoms with E-state index in [0.717, 1.165) is 16.8 Å². The van der Waals surface area contributed by atoms with Gasteiger partial charge in [-0.1, -0.05) is 45.9 Å². The van der Waals surface area contributed by atoms with Gasteiger partial charge in [-0.25, -0.2) is 0 Å². The SMILES string of the molecule is COc1ccc(OCC(=O)Nc2c(C(C)C)cccc2C(C)C)c(C(C)=O)c1. The summed E-state index contributed by atoms with van der Waals surface area (Å²) in [5.74, 6) is 1.07. The van der Waals surface area contributed by atoms with E-state index in [1.807, 2.05) is 18.2 Å². The first kappa shape index (κ1) is 21.5. The van der Waals surface area contributed by atoms with Crippen LogP contribution in [0.5, 0.6) is 11.5 Å². The Hall–Kier alpha value is -2.82. The zero-order chi connectivity index (χ0) is 20.8. The molecule has 2 aromatic carbocycles. The maximum atomic E-state index is 12.6. The third kappa shape index (κ3) is 5.12. The number of para-hydroxylation sites is 1. The van der Waals surface area contributed by atoms with Crippen molar-refractivity contribution in [2.24, 2.45) is 0 Å². The lowest BCUT2D eigenvalue weighted by Crippen LogP contribution is -2.22. The summed E-state index contributed by atoms with van der Waals surface area (Å²) in [4.78, 5) is 24.5. The Morgan fingerprint density at radius 1 is 1.00 bits per heavy atom. The van der Waals surface area contributed by atoms with Crippen molar-refractivity contribution in [3.8, 4) is 11.5 Å². The third-order valence-corrected chi connectivity index (χ3v) is 4.56. The molecule has 5 heteroatoms. The van der Waals surface area contributed by atoms with Gasteiger partial charge in [-0.05, 0) is 48.1 Å². The molecule has 0 fully saturated rings. The van der Waals surface area contributed by atoms with Gasteiger partial charge in [-0.2, -0.15) is 0 Å². The lowest BCUT2D eigenvalue weighted by atomic mass is 9.92. The van der Waals surface area contributed by atoms with E-state index in [4.69, 9.17) is 9.47 Å². The van der Waals surface area contributed by atoms with Crippen molar-refractivity contribution >= 4 is 17.4 Å². The molecule has 0 saturated heterocycles. The number of ketones is 1. The van der Waals surface area contributed by atoms with E-state index >= 15 is 0 Å². The Morgan fingerprint density at radius 3 is 2.11 bits per heavy atom. The highest BCUT2D eigenvalue weighted by Gasteiger charge is 2.17. The fraction of sp³-hybridized carbons (Fsp3) is 0.391. The number of hydrogen-bond donors (Lipinski definition) is 1. The number of methoxy groups -OCH3 is 1. The summed E-state index contributed by atoms with van der Waals surface area (Å²) in [6.45, 7) is 9.67. The normalized spacial score (nSPS) is 10.9.